The van der Waals surface area contributed by atoms with E-state index in [0.29, 0.717) is 0 Å². The van der Waals surface area contributed by atoms with Gasteiger partial charge < -0.3 is 11.1 Å². The number of hydrogen-bond acceptors (Lipinski definition) is 2. The van der Waals surface area contributed by atoms with Crippen LogP contribution in [0.25, 0.3) is 0 Å². The Balaban J connectivity index is 2.15. The zero-order chi connectivity index (χ0) is 10.2. The first kappa shape index (κ1) is 11.5. The molecule has 0 aliphatic carbocycles. The first-order chi connectivity index (χ1) is 6.83. The molecule has 3 N–H and O–H groups in total. The number of hydrogen-bond donors (Lipinski definition) is 2. The van der Waals surface area contributed by atoms with Gasteiger partial charge >= 0.3 is 0 Å². The Kier molecular flexibility index (Phi) is 5.64. The van der Waals surface area contributed by atoms with E-state index in [-0.39, 0.29) is 0 Å². The largest absolute Gasteiger partial charge is 0.385 e. The molecule has 0 aromatic heterocycles. The van der Waals surface area contributed by atoms with Crippen molar-refractivity contribution in [2.24, 2.45) is 5.73 Å². The van der Waals surface area contributed by atoms with Crippen LogP contribution < -0.4 is 11.1 Å². The summed E-state index contributed by atoms with van der Waals surface area (Å²) in [6, 6.07) is 8.24. The van der Waals surface area contributed by atoms with Gasteiger partial charge in [0.25, 0.3) is 0 Å². The quantitative estimate of drug-likeness (QED) is 0.769. The van der Waals surface area contributed by atoms with Crippen molar-refractivity contribution in [3.05, 3.63) is 28.7 Å². The highest BCUT2D eigenvalue weighted by atomic mass is 79.9. The Hall–Kier alpha value is -0.540. The number of rotatable bonds is 6. The molecule has 0 aliphatic rings. The van der Waals surface area contributed by atoms with E-state index >= 15 is 0 Å². The highest BCUT2D eigenvalue weighted by Gasteiger charge is 1.91. The third-order valence-electron chi connectivity index (χ3n) is 2.05. The number of anilines is 1. The van der Waals surface area contributed by atoms with E-state index in [9.17, 15) is 0 Å². The summed E-state index contributed by atoms with van der Waals surface area (Å²) in [5.74, 6) is 0. The molecule has 0 radical (unpaired) electrons. The van der Waals surface area contributed by atoms with Crippen molar-refractivity contribution in [3.63, 3.8) is 0 Å². The maximum Gasteiger partial charge on any atom is 0.0340 e. The van der Waals surface area contributed by atoms with Gasteiger partial charge in [0.2, 0.25) is 0 Å². The molecule has 0 saturated carbocycles. The van der Waals surface area contributed by atoms with Crippen LogP contribution >= 0.6 is 15.9 Å². The van der Waals surface area contributed by atoms with Gasteiger partial charge in [0, 0.05) is 16.7 Å². The Bertz CT molecular complexity index is 246. The van der Waals surface area contributed by atoms with Crippen LogP contribution in [0.15, 0.2) is 28.7 Å². The summed E-state index contributed by atoms with van der Waals surface area (Å²) in [4.78, 5) is 0. The summed E-state index contributed by atoms with van der Waals surface area (Å²) in [7, 11) is 0. The van der Waals surface area contributed by atoms with Crippen molar-refractivity contribution in [2.75, 3.05) is 18.4 Å². The molecule has 14 heavy (non-hydrogen) atoms. The fourth-order valence-corrected chi connectivity index (χ4v) is 1.51. The SMILES string of the molecule is NCCCCCNc1ccc(Br)cc1. The highest BCUT2D eigenvalue weighted by molar-refractivity contribution is 9.10. The van der Waals surface area contributed by atoms with Crippen LogP contribution in [0.2, 0.25) is 0 Å². The van der Waals surface area contributed by atoms with Crippen molar-refractivity contribution in [1.82, 2.24) is 0 Å². The first-order valence-corrected chi connectivity index (χ1v) is 5.82. The topological polar surface area (TPSA) is 38.0 Å². The minimum absolute atomic E-state index is 0.804. The van der Waals surface area contributed by atoms with Gasteiger partial charge in [-0.1, -0.05) is 22.4 Å². The summed E-state index contributed by atoms with van der Waals surface area (Å²) in [6.45, 7) is 1.83. The van der Waals surface area contributed by atoms with Crippen LogP contribution in [0.5, 0.6) is 0 Å². The Morgan fingerprint density at radius 1 is 1.07 bits per heavy atom. The minimum atomic E-state index is 0.804. The van der Waals surface area contributed by atoms with Gasteiger partial charge in [-0.2, -0.15) is 0 Å². The lowest BCUT2D eigenvalue weighted by molar-refractivity contribution is 0.707. The van der Waals surface area contributed by atoms with Crippen LogP contribution in [0, 0.1) is 0 Å². The van der Waals surface area contributed by atoms with Gasteiger partial charge in [-0.15, -0.1) is 0 Å². The molecule has 3 heteroatoms. The molecule has 0 saturated heterocycles. The summed E-state index contributed by atoms with van der Waals surface area (Å²) >= 11 is 3.41. The zero-order valence-corrected chi connectivity index (χ0v) is 9.89. The van der Waals surface area contributed by atoms with Gasteiger partial charge in [-0.05, 0) is 43.7 Å². The third kappa shape index (κ3) is 4.63. The molecule has 0 aliphatic heterocycles. The van der Waals surface area contributed by atoms with Crippen LogP contribution in [-0.4, -0.2) is 13.1 Å². The molecule has 1 rings (SSSR count). The molecular formula is C11H17BrN2. The lowest BCUT2D eigenvalue weighted by Gasteiger charge is -2.05. The molecule has 1 aromatic carbocycles. The van der Waals surface area contributed by atoms with E-state index in [1.807, 2.05) is 12.1 Å². The Morgan fingerprint density at radius 2 is 1.79 bits per heavy atom. The summed E-state index contributed by atoms with van der Waals surface area (Å²) in [5.41, 5.74) is 6.59. The van der Waals surface area contributed by atoms with Crippen molar-refractivity contribution < 1.29 is 0 Å². The molecule has 1 aromatic rings. The molecule has 0 spiro atoms. The second kappa shape index (κ2) is 6.85. The van der Waals surface area contributed by atoms with E-state index < -0.39 is 0 Å². The maximum atomic E-state index is 5.41. The van der Waals surface area contributed by atoms with Gasteiger partial charge in [-0.25, -0.2) is 0 Å². The van der Waals surface area contributed by atoms with Gasteiger partial charge in [0.05, 0.1) is 0 Å². The summed E-state index contributed by atoms with van der Waals surface area (Å²) in [5, 5.41) is 3.37. The van der Waals surface area contributed by atoms with E-state index in [1.54, 1.807) is 0 Å². The van der Waals surface area contributed by atoms with E-state index in [0.717, 1.165) is 24.0 Å². The number of halogens is 1. The molecule has 0 unspecified atom stereocenters. The molecular weight excluding hydrogens is 240 g/mol. The molecule has 2 nitrogen and oxygen atoms in total. The van der Waals surface area contributed by atoms with Crippen molar-refractivity contribution in [1.29, 1.82) is 0 Å². The zero-order valence-electron chi connectivity index (χ0n) is 8.30. The fourth-order valence-electron chi connectivity index (χ4n) is 1.25. The second-order valence-electron chi connectivity index (χ2n) is 3.28. The average molecular weight is 257 g/mol. The molecule has 78 valence electrons. The fraction of sp³-hybridized carbons (Fsp3) is 0.455. The van der Waals surface area contributed by atoms with Gasteiger partial charge in [-0.3, -0.25) is 0 Å². The Labute approximate surface area is 94.0 Å². The van der Waals surface area contributed by atoms with Crippen LogP contribution in [0.1, 0.15) is 19.3 Å². The molecule has 0 bridgehead atoms. The average Bonchev–Trinajstić information content (AvgIpc) is 2.21. The van der Waals surface area contributed by atoms with E-state index in [2.05, 4.69) is 33.4 Å². The lowest BCUT2D eigenvalue weighted by Crippen LogP contribution is -2.03. The van der Waals surface area contributed by atoms with Crippen molar-refractivity contribution >= 4 is 21.6 Å². The summed E-state index contributed by atoms with van der Waals surface area (Å²) < 4.78 is 1.12. The number of unbranched alkanes of at least 4 members (excludes halogenated alkanes) is 2. The second-order valence-corrected chi connectivity index (χ2v) is 4.20. The smallest absolute Gasteiger partial charge is 0.0340 e. The monoisotopic (exact) mass is 256 g/mol. The van der Waals surface area contributed by atoms with Gasteiger partial charge in [0.1, 0.15) is 0 Å². The molecule has 0 heterocycles. The van der Waals surface area contributed by atoms with E-state index in [1.165, 1.54) is 18.5 Å². The predicted octanol–water partition coefficient (Wildman–Crippen LogP) is 2.99. The van der Waals surface area contributed by atoms with E-state index in [4.69, 9.17) is 5.73 Å². The van der Waals surface area contributed by atoms with Gasteiger partial charge in [0.15, 0.2) is 0 Å². The molecule has 0 fully saturated rings. The van der Waals surface area contributed by atoms with Crippen LogP contribution in [0.4, 0.5) is 5.69 Å². The first-order valence-electron chi connectivity index (χ1n) is 5.02. The maximum absolute atomic E-state index is 5.41. The third-order valence-corrected chi connectivity index (χ3v) is 2.58. The number of nitrogens with one attached hydrogen (secondary N) is 1. The number of nitrogens with two attached hydrogens (primary N) is 1. The Morgan fingerprint density at radius 3 is 2.43 bits per heavy atom. The predicted molar refractivity (Wildman–Crippen MR) is 65.5 cm³/mol. The minimum Gasteiger partial charge on any atom is -0.385 e. The normalized spacial score (nSPS) is 10.1. The molecule has 0 amide bonds. The van der Waals surface area contributed by atoms with Crippen LogP contribution in [-0.2, 0) is 0 Å². The van der Waals surface area contributed by atoms with Crippen LogP contribution in [0.3, 0.4) is 0 Å². The standard InChI is InChI=1S/C11H17BrN2/c12-10-4-6-11(7-5-10)14-9-3-1-2-8-13/h4-7,14H,1-3,8-9,13H2. The van der Waals surface area contributed by atoms with Crippen molar-refractivity contribution in [3.8, 4) is 0 Å². The lowest BCUT2D eigenvalue weighted by atomic mass is 10.2. The molecule has 0 atom stereocenters. The van der Waals surface area contributed by atoms with Crippen molar-refractivity contribution in [2.45, 2.75) is 19.3 Å². The summed E-state index contributed by atoms with van der Waals surface area (Å²) in [6.07, 6.45) is 3.52. The number of benzene rings is 1. The highest BCUT2D eigenvalue weighted by Crippen LogP contribution is 2.13.